The van der Waals surface area contributed by atoms with Crippen molar-refractivity contribution in [3.63, 3.8) is 0 Å². The number of benzene rings is 1. The average molecular weight is 327 g/mol. The monoisotopic (exact) mass is 327 g/mol. The summed E-state index contributed by atoms with van der Waals surface area (Å²) in [6.07, 6.45) is 5.92. The summed E-state index contributed by atoms with van der Waals surface area (Å²) < 4.78 is 0. The van der Waals surface area contributed by atoms with E-state index in [9.17, 15) is 19.5 Å². The molecule has 0 saturated heterocycles. The molecule has 0 aliphatic heterocycles. The molecule has 2 aromatic rings. The van der Waals surface area contributed by atoms with Gasteiger partial charge in [0.2, 0.25) is 0 Å². The number of phenolic OH excluding ortho intramolecular Hbond substituents is 1. The van der Waals surface area contributed by atoms with Crippen molar-refractivity contribution >= 4 is 23.0 Å². The lowest BCUT2D eigenvalue weighted by molar-refractivity contribution is 0.0960. The molecular formula is C17H17N3O4. The van der Waals surface area contributed by atoms with E-state index < -0.39 is 16.8 Å². The fourth-order valence-corrected chi connectivity index (χ4v) is 2.18. The number of hydrogen-bond acceptors (Lipinski definition) is 6. The van der Waals surface area contributed by atoms with Gasteiger partial charge in [-0.15, -0.1) is 6.42 Å². The summed E-state index contributed by atoms with van der Waals surface area (Å²) in [7, 11) is 1.44. The molecule has 24 heavy (non-hydrogen) atoms. The van der Waals surface area contributed by atoms with Crippen LogP contribution >= 0.6 is 0 Å². The minimum Gasteiger partial charge on any atom is -0.505 e. The third kappa shape index (κ3) is 2.94. The van der Waals surface area contributed by atoms with Crippen molar-refractivity contribution in [3.8, 4) is 18.1 Å². The highest BCUT2D eigenvalue weighted by molar-refractivity contribution is 5.99. The lowest BCUT2D eigenvalue weighted by Crippen LogP contribution is -2.38. The smallest absolute Gasteiger partial charge is 0.254 e. The Bertz CT molecular complexity index is 888. The summed E-state index contributed by atoms with van der Waals surface area (Å²) >= 11 is 0. The molecule has 0 heterocycles. The van der Waals surface area contributed by atoms with Crippen LogP contribution in [0.3, 0.4) is 0 Å². The number of para-hydroxylation sites is 1. The molecule has 0 aliphatic carbocycles. The highest BCUT2D eigenvalue weighted by Gasteiger charge is 2.24. The Balaban J connectivity index is 2.35. The second-order valence-electron chi connectivity index (χ2n) is 5.09. The van der Waals surface area contributed by atoms with Gasteiger partial charge in [-0.1, -0.05) is 18.9 Å². The van der Waals surface area contributed by atoms with E-state index in [1.807, 2.05) is 6.92 Å². The topological polar surface area (TPSA) is 108 Å². The first-order valence-corrected chi connectivity index (χ1v) is 7.31. The molecular weight excluding hydrogens is 310 g/mol. The number of nitrogens with one attached hydrogen (secondary N) is 3. The minimum atomic E-state index is -0.714. The largest absolute Gasteiger partial charge is 0.505 e. The Morgan fingerprint density at radius 3 is 2.54 bits per heavy atom. The first-order chi connectivity index (χ1) is 11.4. The Labute approximate surface area is 138 Å². The van der Waals surface area contributed by atoms with Gasteiger partial charge in [-0.3, -0.25) is 14.4 Å². The maximum absolute atomic E-state index is 11.8. The van der Waals surface area contributed by atoms with Crippen LogP contribution in [0.15, 0.2) is 27.8 Å². The van der Waals surface area contributed by atoms with Crippen LogP contribution in [0.5, 0.6) is 5.75 Å². The molecule has 2 aromatic carbocycles. The molecule has 1 atom stereocenters. The number of amides is 1. The van der Waals surface area contributed by atoms with Crippen LogP contribution in [0.25, 0.3) is 0 Å². The van der Waals surface area contributed by atoms with Gasteiger partial charge in [-0.05, 0) is 18.6 Å². The normalized spacial score (nSPS) is 11.5. The molecule has 1 amide bonds. The summed E-state index contributed by atoms with van der Waals surface area (Å²) in [5, 5.41) is 18.1. The average Bonchev–Trinajstić information content (AvgIpc) is 2.61. The Morgan fingerprint density at radius 2 is 1.96 bits per heavy atom. The predicted octanol–water partition coefficient (Wildman–Crippen LogP) is 0.915. The highest BCUT2D eigenvalue weighted by Crippen LogP contribution is 2.31. The highest BCUT2D eigenvalue weighted by atomic mass is 16.3. The third-order valence-electron chi connectivity index (χ3n) is 3.61. The van der Waals surface area contributed by atoms with Crippen LogP contribution < -0.4 is 26.8 Å². The number of aromatic hydroxyl groups is 1. The second kappa shape index (κ2) is 6.87. The first-order valence-electron chi connectivity index (χ1n) is 7.31. The zero-order valence-electron chi connectivity index (χ0n) is 13.3. The zero-order chi connectivity index (χ0) is 17.9. The van der Waals surface area contributed by atoms with Crippen molar-refractivity contribution in [2.24, 2.45) is 0 Å². The van der Waals surface area contributed by atoms with Crippen LogP contribution in [0.4, 0.5) is 17.1 Å². The van der Waals surface area contributed by atoms with Crippen molar-refractivity contribution < 1.29 is 9.90 Å². The van der Waals surface area contributed by atoms with Crippen molar-refractivity contribution in [2.45, 2.75) is 19.4 Å². The van der Waals surface area contributed by atoms with E-state index in [0.717, 1.165) is 0 Å². The molecule has 0 aliphatic rings. The quantitative estimate of drug-likeness (QED) is 0.357. The predicted molar refractivity (Wildman–Crippen MR) is 92.7 cm³/mol. The van der Waals surface area contributed by atoms with E-state index in [4.69, 9.17) is 6.42 Å². The van der Waals surface area contributed by atoms with E-state index in [0.29, 0.717) is 6.42 Å². The van der Waals surface area contributed by atoms with Gasteiger partial charge in [-0.25, -0.2) is 0 Å². The van der Waals surface area contributed by atoms with Crippen LogP contribution in [0.1, 0.15) is 23.7 Å². The van der Waals surface area contributed by atoms with Gasteiger partial charge in [0.1, 0.15) is 11.4 Å². The molecule has 0 radical (unpaired) electrons. The van der Waals surface area contributed by atoms with Crippen molar-refractivity contribution in [2.75, 3.05) is 17.7 Å². The minimum absolute atomic E-state index is 0.0121. The third-order valence-corrected chi connectivity index (χ3v) is 3.61. The first kappa shape index (κ1) is 17.1. The second-order valence-corrected chi connectivity index (χ2v) is 5.09. The number of terminal acetylenes is 1. The van der Waals surface area contributed by atoms with E-state index in [1.165, 1.54) is 19.2 Å². The number of carbonyl (C=O) groups excluding carboxylic acids is 1. The van der Waals surface area contributed by atoms with Gasteiger partial charge >= 0.3 is 0 Å². The van der Waals surface area contributed by atoms with Gasteiger partial charge in [0.15, 0.2) is 5.75 Å². The van der Waals surface area contributed by atoms with Crippen LogP contribution in [-0.2, 0) is 0 Å². The lowest BCUT2D eigenvalue weighted by atomic mass is 10.1. The number of carbonyl (C=O) groups is 1. The Hall–Kier alpha value is -3.27. The van der Waals surface area contributed by atoms with Crippen LogP contribution in [-0.4, -0.2) is 24.1 Å². The van der Waals surface area contributed by atoms with E-state index >= 15 is 0 Å². The van der Waals surface area contributed by atoms with Gasteiger partial charge < -0.3 is 21.1 Å². The zero-order valence-corrected chi connectivity index (χ0v) is 13.3. The van der Waals surface area contributed by atoms with Gasteiger partial charge in [-0.2, -0.15) is 0 Å². The van der Waals surface area contributed by atoms with Crippen LogP contribution in [0, 0.1) is 12.3 Å². The molecule has 0 saturated carbocycles. The van der Waals surface area contributed by atoms with E-state index in [-0.39, 0.29) is 34.4 Å². The molecule has 0 bridgehead atoms. The van der Waals surface area contributed by atoms with Crippen LogP contribution in [0.2, 0.25) is 0 Å². The molecule has 7 nitrogen and oxygen atoms in total. The molecule has 1 unspecified atom stereocenters. The molecule has 7 heteroatoms. The number of anilines is 3. The van der Waals surface area contributed by atoms with E-state index in [1.54, 1.807) is 6.07 Å². The Morgan fingerprint density at radius 1 is 1.29 bits per heavy atom. The molecule has 0 aromatic heterocycles. The summed E-state index contributed by atoms with van der Waals surface area (Å²) in [4.78, 5) is 35.2. The summed E-state index contributed by atoms with van der Waals surface area (Å²) in [6, 6.07) is 4.08. The van der Waals surface area contributed by atoms with Gasteiger partial charge in [0.25, 0.3) is 16.8 Å². The molecule has 0 spiro atoms. The summed E-state index contributed by atoms with van der Waals surface area (Å²) in [6.45, 7) is 1.84. The van der Waals surface area contributed by atoms with Crippen molar-refractivity contribution in [1.29, 1.82) is 0 Å². The molecule has 124 valence electrons. The van der Waals surface area contributed by atoms with Gasteiger partial charge in [0, 0.05) is 7.05 Å². The van der Waals surface area contributed by atoms with Crippen molar-refractivity contribution in [3.05, 3.63) is 44.2 Å². The number of rotatable bonds is 6. The van der Waals surface area contributed by atoms with E-state index in [2.05, 4.69) is 21.9 Å². The summed E-state index contributed by atoms with van der Waals surface area (Å²) in [5.74, 6) is 1.68. The fraction of sp³-hybridized carbons (Fsp3) is 0.235. The van der Waals surface area contributed by atoms with Crippen molar-refractivity contribution in [1.82, 2.24) is 5.32 Å². The standard InChI is InChI=1S/C17H17N3O4/c1-4-9(5-2)19-12-13(16(23)15(12)22)20-11-8-6-7-10(14(11)21)17(24)18-3/h1,6-9,19-21H,5H2,2-3H3,(H,18,24). The fourth-order valence-electron chi connectivity index (χ4n) is 2.18. The molecule has 4 N–H and O–H groups in total. The number of hydrogen-bond donors (Lipinski definition) is 4. The lowest BCUT2D eigenvalue weighted by Gasteiger charge is -2.18. The SMILES string of the molecule is C#CC(CC)Nc1c(Nc2cccc(C(=O)NC)c2O)c(=O)c1=O. The maximum Gasteiger partial charge on any atom is 0.254 e. The molecule has 2 rings (SSSR count). The maximum atomic E-state index is 11.8. The van der Waals surface area contributed by atoms with Gasteiger partial charge in [0.05, 0.1) is 17.3 Å². The number of phenols is 1. The molecule has 0 fully saturated rings. The Kier molecular flexibility index (Phi) is 4.90. The summed E-state index contributed by atoms with van der Waals surface area (Å²) in [5.41, 5.74) is -1.11.